The fraction of sp³-hybridized carbons (Fsp3) is 0.900. The maximum absolute atomic E-state index is 11.0. The highest BCUT2D eigenvalue weighted by atomic mass is 32.2. The van der Waals surface area contributed by atoms with Gasteiger partial charge in [-0.05, 0) is 19.6 Å². The van der Waals surface area contributed by atoms with E-state index in [2.05, 4.69) is 17.6 Å². The number of rotatable bonds is 6. The van der Waals surface area contributed by atoms with Crippen LogP contribution in [0.15, 0.2) is 0 Å². The van der Waals surface area contributed by atoms with Gasteiger partial charge in [0.15, 0.2) is 0 Å². The molecule has 1 fully saturated rings. The lowest BCUT2D eigenvalue weighted by Gasteiger charge is -2.23. The molecule has 0 aliphatic carbocycles. The number of hydrogen-bond donors (Lipinski definition) is 3. The van der Waals surface area contributed by atoms with Crippen LogP contribution in [0.1, 0.15) is 19.8 Å². The molecule has 4 nitrogen and oxygen atoms in total. The van der Waals surface area contributed by atoms with Gasteiger partial charge in [-0.25, -0.2) is 0 Å². The molecule has 0 saturated carbocycles. The average Bonchev–Trinajstić information content (AvgIpc) is 2.63. The molecule has 3 unspecified atom stereocenters. The second-order valence-corrected chi connectivity index (χ2v) is 5.03. The first-order valence-corrected chi connectivity index (χ1v) is 6.62. The van der Waals surface area contributed by atoms with Crippen molar-refractivity contribution in [1.29, 1.82) is 0 Å². The number of thioether (sulfide) groups is 1. The molecule has 5 heteroatoms. The van der Waals surface area contributed by atoms with E-state index in [-0.39, 0.29) is 29.8 Å². The van der Waals surface area contributed by atoms with Crippen LogP contribution < -0.4 is 10.6 Å². The third-order valence-electron chi connectivity index (χ3n) is 2.81. The number of aliphatic hydroxyl groups is 1. The van der Waals surface area contributed by atoms with Crippen molar-refractivity contribution in [3.05, 3.63) is 0 Å². The molecule has 0 aromatic heterocycles. The van der Waals surface area contributed by atoms with Crippen molar-refractivity contribution in [1.82, 2.24) is 10.6 Å². The van der Waals surface area contributed by atoms with E-state index in [0.717, 1.165) is 13.0 Å². The van der Waals surface area contributed by atoms with Crippen molar-refractivity contribution >= 4 is 17.7 Å². The van der Waals surface area contributed by atoms with Gasteiger partial charge in [0.05, 0.1) is 6.61 Å². The summed E-state index contributed by atoms with van der Waals surface area (Å²) < 4.78 is 0. The predicted octanol–water partition coefficient (Wildman–Crippen LogP) is -0.0330. The number of nitrogens with one attached hydrogen (secondary N) is 2. The summed E-state index contributed by atoms with van der Waals surface area (Å²) in [4.78, 5) is 11.0. The van der Waals surface area contributed by atoms with Crippen LogP contribution in [0.5, 0.6) is 0 Å². The van der Waals surface area contributed by atoms with Gasteiger partial charge in [0.1, 0.15) is 0 Å². The van der Waals surface area contributed by atoms with Crippen molar-refractivity contribution in [2.45, 2.75) is 37.1 Å². The lowest BCUT2D eigenvalue weighted by molar-refractivity contribution is -0.119. The summed E-state index contributed by atoms with van der Waals surface area (Å²) in [7, 11) is 0. The third-order valence-corrected chi connectivity index (χ3v) is 3.97. The van der Waals surface area contributed by atoms with Gasteiger partial charge >= 0.3 is 0 Å². The summed E-state index contributed by atoms with van der Waals surface area (Å²) in [6.45, 7) is 3.05. The van der Waals surface area contributed by atoms with Gasteiger partial charge in [0, 0.05) is 30.3 Å². The highest BCUT2D eigenvalue weighted by molar-refractivity contribution is 7.99. The lowest BCUT2D eigenvalue weighted by atomic mass is 10.2. The Hall–Kier alpha value is -0.260. The van der Waals surface area contributed by atoms with Gasteiger partial charge in [0.2, 0.25) is 5.91 Å². The number of hydrogen-bond acceptors (Lipinski definition) is 4. The first-order valence-electron chi connectivity index (χ1n) is 5.33. The highest BCUT2D eigenvalue weighted by Gasteiger charge is 2.22. The van der Waals surface area contributed by atoms with Crippen molar-refractivity contribution in [3.63, 3.8) is 0 Å². The maximum atomic E-state index is 11.0. The number of carbonyl (C=O) groups excluding carboxylic acids is 1. The molecule has 0 aromatic carbocycles. The first kappa shape index (κ1) is 12.8. The standard InChI is InChI=1S/C10H20N2O2S/c1-7(9(6-13)15-2)11-5-8-3-4-10(14)12-8/h7-9,11,13H,3-6H2,1-2H3,(H,12,14). The molecule has 1 saturated heterocycles. The van der Waals surface area contributed by atoms with Crippen LogP contribution in [0, 0.1) is 0 Å². The van der Waals surface area contributed by atoms with E-state index in [1.807, 2.05) is 6.26 Å². The minimum atomic E-state index is 0.151. The predicted molar refractivity (Wildman–Crippen MR) is 63.0 cm³/mol. The summed E-state index contributed by atoms with van der Waals surface area (Å²) in [6, 6.07) is 0.531. The topological polar surface area (TPSA) is 61.4 Å². The van der Waals surface area contributed by atoms with E-state index < -0.39 is 0 Å². The van der Waals surface area contributed by atoms with E-state index in [0.29, 0.717) is 6.42 Å². The van der Waals surface area contributed by atoms with Crippen LogP contribution in [-0.4, -0.2) is 47.8 Å². The Bertz CT molecular complexity index is 210. The van der Waals surface area contributed by atoms with Crippen LogP contribution in [0.4, 0.5) is 0 Å². The molecule has 1 rings (SSSR count). The Kier molecular flexibility index (Phi) is 5.42. The van der Waals surface area contributed by atoms with Crippen LogP contribution in [0.25, 0.3) is 0 Å². The Morgan fingerprint density at radius 1 is 1.73 bits per heavy atom. The van der Waals surface area contributed by atoms with E-state index in [9.17, 15) is 4.79 Å². The number of amides is 1. The SMILES string of the molecule is CSC(CO)C(C)NCC1CCC(=O)N1. The molecule has 0 bridgehead atoms. The first-order chi connectivity index (χ1) is 7.17. The summed E-state index contributed by atoms with van der Waals surface area (Å²) >= 11 is 1.66. The Labute approximate surface area is 95.2 Å². The van der Waals surface area contributed by atoms with E-state index in [1.54, 1.807) is 11.8 Å². The zero-order chi connectivity index (χ0) is 11.3. The smallest absolute Gasteiger partial charge is 0.220 e. The quantitative estimate of drug-likeness (QED) is 0.602. The summed E-state index contributed by atoms with van der Waals surface area (Å²) in [5.74, 6) is 0.151. The minimum Gasteiger partial charge on any atom is -0.395 e. The van der Waals surface area contributed by atoms with Gasteiger partial charge in [-0.1, -0.05) is 0 Å². The minimum absolute atomic E-state index is 0.151. The largest absolute Gasteiger partial charge is 0.395 e. The summed E-state index contributed by atoms with van der Waals surface area (Å²) in [6.07, 6.45) is 3.56. The van der Waals surface area contributed by atoms with Gasteiger partial charge in [-0.2, -0.15) is 11.8 Å². The second kappa shape index (κ2) is 6.35. The molecule has 3 N–H and O–H groups in total. The molecule has 88 valence electrons. The van der Waals surface area contributed by atoms with Crippen LogP contribution in [0.2, 0.25) is 0 Å². The van der Waals surface area contributed by atoms with Crippen LogP contribution >= 0.6 is 11.8 Å². The summed E-state index contributed by atoms with van der Waals surface area (Å²) in [5.41, 5.74) is 0. The Balaban J connectivity index is 2.21. The Morgan fingerprint density at radius 2 is 2.47 bits per heavy atom. The molecule has 1 aliphatic heterocycles. The van der Waals surface area contributed by atoms with Gasteiger partial charge in [-0.3, -0.25) is 4.79 Å². The number of aliphatic hydroxyl groups excluding tert-OH is 1. The van der Waals surface area contributed by atoms with E-state index >= 15 is 0 Å². The highest BCUT2D eigenvalue weighted by Crippen LogP contribution is 2.11. The van der Waals surface area contributed by atoms with Gasteiger partial charge < -0.3 is 15.7 Å². The molecule has 1 amide bonds. The van der Waals surface area contributed by atoms with E-state index in [4.69, 9.17) is 5.11 Å². The third kappa shape index (κ3) is 4.01. The molecule has 0 spiro atoms. The molecule has 0 radical (unpaired) electrons. The van der Waals surface area contributed by atoms with Crippen LogP contribution in [-0.2, 0) is 4.79 Å². The normalized spacial score (nSPS) is 25.0. The molecule has 1 heterocycles. The maximum Gasteiger partial charge on any atom is 0.220 e. The zero-order valence-electron chi connectivity index (χ0n) is 9.32. The monoisotopic (exact) mass is 232 g/mol. The molecule has 1 aliphatic rings. The second-order valence-electron chi connectivity index (χ2n) is 3.96. The fourth-order valence-corrected chi connectivity index (χ4v) is 2.38. The molecule has 15 heavy (non-hydrogen) atoms. The molecule has 3 atom stereocenters. The summed E-state index contributed by atoms with van der Waals surface area (Å²) in [5, 5.41) is 15.6. The van der Waals surface area contributed by atoms with Crippen LogP contribution in [0.3, 0.4) is 0 Å². The lowest BCUT2D eigenvalue weighted by Crippen LogP contribution is -2.44. The zero-order valence-corrected chi connectivity index (χ0v) is 10.1. The molecular weight excluding hydrogens is 212 g/mol. The average molecular weight is 232 g/mol. The van der Waals surface area contributed by atoms with Gasteiger partial charge in [-0.15, -0.1) is 0 Å². The Morgan fingerprint density at radius 3 is 2.93 bits per heavy atom. The molecular formula is C10H20N2O2S. The fourth-order valence-electron chi connectivity index (χ4n) is 1.73. The van der Waals surface area contributed by atoms with Gasteiger partial charge in [0.25, 0.3) is 0 Å². The number of carbonyl (C=O) groups is 1. The van der Waals surface area contributed by atoms with E-state index in [1.165, 1.54) is 0 Å². The molecule has 0 aromatic rings. The van der Waals surface area contributed by atoms with Crippen molar-refractivity contribution in [2.75, 3.05) is 19.4 Å². The van der Waals surface area contributed by atoms with Crippen molar-refractivity contribution in [2.24, 2.45) is 0 Å². The van der Waals surface area contributed by atoms with Crippen molar-refractivity contribution in [3.8, 4) is 0 Å². The van der Waals surface area contributed by atoms with Crippen molar-refractivity contribution < 1.29 is 9.90 Å².